The summed E-state index contributed by atoms with van der Waals surface area (Å²) < 4.78 is 1.53. The maximum Gasteiger partial charge on any atom is 0.354 e. The van der Waals surface area contributed by atoms with Crippen LogP contribution in [-0.4, -0.2) is 35.8 Å². The molecule has 0 saturated heterocycles. The summed E-state index contributed by atoms with van der Waals surface area (Å²) in [6.07, 6.45) is 7.80. The third-order valence-electron chi connectivity index (χ3n) is 2.39. The van der Waals surface area contributed by atoms with Crippen molar-refractivity contribution in [1.29, 1.82) is 0 Å². The summed E-state index contributed by atoms with van der Waals surface area (Å²) in [6.45, 7) is 0. The first kappa shape index (κ1) is 10.3. The Kier molecular flexibility index (Phi) is 2.23. The predicted molar refractivity (Wildman–Crippen MR) is 61.4 cm³/mol. The molecular formula is C11H7N5O2. The quantitative estimate of drug-likeness (QED) is 0.716. The fourth-order valence-corrected chi connectivity index (χ4v) is 1.57. The molecule has 3 heterocycles. The fraction of sp³-hybridized carbons (Fsp3) is 0. The summed E-state index contributed by atoms with van der Waals surface area (Å²) in [7, 11) is 0. The lowest BCUT2D eigenvalue weighted by Crippen LogP contribution is -1.98. The first-order chi connectivity index (χ1) is 8.74. The number of fused-ring (bicyclic) bond motifs is 1. The van der Waals surface area contributed by atoms with Gasteiger partial charge in [0.05, 0.1) is 12.4 Å². The van der Waals surface area contributed by atoms with E-state index < -0.39 is 5.97 Å². The average molecular weight is 241 g/mol. The molecule has 7 nitrogen and oxygen atoms in total. The first-order valence-corrected chi connectivity index (χ1v) is 5.09. The van der Waals surface area contributed by atoms with Crippen molar-refractivity contribution in [2.24, 2.45) is 0 Å². The van der Waals surface area contributed by atoms with Crippen molar-refractivity contribution < 1.29 is 9.90 Å². The molecule has 3 rings (SSSR count). The number of rotatable bonds is 2. The van der Waals surface area contributed by atoms with Crippen molar-refractivity contribution in [2.75, 3.05) is 0 Å². The molecule has 7 heteroatoms. The van der Waals surface area contributed by atoms with Gasteiger partial charge in [0.15, 0.2) is 5.82 Å². The molecule has 0 spiro atoms. The highest BCUT2D eigenvalue weighted by Crippen LogP contribution is 2.14. The van der Waals surface area contributed by atoms with E-state index in [1.807, 2.05) is 0 Å². The zero-order valence-corrected chi connectivity index (χ0v) is 9.06. The SMILES string of the molecule is O=C(O)c1cc2cn(-c3cnccn3)nc2cn1. The monoisotopic (exact) mass is 241 g/mol. The molecule has 0 unspecified atom stereocenters. The van der Waals surface area contributed by atoms with Gasteiger partial charge in [-0.1, -0.05) is 0 Å². The van der Waals surface area contributed by atoms with Crippen LogP contribution in [0.4, 0.5) is 0 Å². The van der Waals surface area contributed by atoms with Gasteiger partial charge in [-0.3, -0.25) is 4.98 Å². The third-order valence-corrected chi connectivity index (χ3v) is 2.39. The Labute approximate surface area is 101 Å². The molecular weight excluding hydrogens is 234 g/mol. The van der Waals surface area contributed by atoms with Crippen LogP contribution in [-0.2, 0) is 0 Å². The Morgan fingerprint density at radius 3 is 2.83 bits per heavy atom. The van der Waals surface area contributed by atoms with Crippen molar-refractivity contribution in [1.82, 2.24) is 24.7 Å². The molecule has 0 fully saturated rings. The molecule has 88 valence electrons. The summed E-state index contributed by atoms with van der Waals surface area (Å²) in [5.74, 6) is -0.505. The molecule has 0 bridgehead atoms. The molecule has 0 aliphatic carbocycles. The second kappa shape index (κ2) is 3.88. The average Bonchev–Trinajstić information content (AvgIpc) is 2.82. The van der Waals surface area contributed by atoms with Gasteiger partial charge in [-0.25, -0.2) is 19.4 Å². The van der Waals surface area contributed by atoms with Gasteiger partial charge in [-0.2, -0.15) is 5.10 Å². The number of carboxylic acid groups (broad SMARTS) is 1. The van der Waals surface area contributed by atoms with Gasteiger partial charge in [0.25, 0.3) is 0 Å². The van der Waals surface area contributed by atoms with Gasteiger partial charge >= 0.3 is 5.97 Å². The molecule has 18 heavy (non-hydrogen) atoms. The largest absolute Gasteiger partial charge is 0.477 e. The second-order valence-electron chi connectivity index (χ2n) is 3.57. The molecule has 1 N–H and O–H groups in total. The topological polar surface area (TPSA) is 93.8 Å². The number of aromatic nitrogens is 5. The number of aromatic carboxylic acids is 1. The van der Waals surface area contributed by atoms with Gasteiger partial charge in [-0.15, -0.1) is 0 Å². The van der Waals surface area contributed by atoms with Crippen LogP contribution in [0.15, 0.2) is 37.1 Å². The number of hydrogen-bond donors (Lipinski definition) is 1. The number of pyridine rings is 1. The maximum atomic E-state index is 10.8. The van der Waals surface area contributed by atoms with Crippen LogP contribution in [0.25, 0.3) is 16.7 Å². The minimum Gasteiger partial charge on any atom is -0.477 e. The summed E-state index contributed by atoms with van der Waals surface area (Å²) in [6, 6.07) is 1.47. The van der Waals surface area contributed by atoms with Crippen LogP contribution >= 0.6 is 0 Å². The number of hydrogen-bond acceptors (Lipinski definition) is 5. The maximum absolute atomic E-state index is 10.8. The zero-order chi connectivity index (χ0) is 12.5. The first-order valence-electron chi connectivity index (χ1n) is 5.09. The molecule has 3 aromatic heterocycles. The van der Waals surface area contributed by atoms with Gasteiger partial charge in [0.2, 0.25) is 0 Å². The summed E-state index contributed by atoms with van der Waals surface area (Å²) in [5, 5.41) is 13.8. The van der Waals surface area contributed by atoms with Crippen molar-refractivity contribution in [2.45, 2.75) is 0 Å². The van der Waals surface area contributed by atoms with E-state index in [9.17, 15) is 4.79 Å². The highest BCUT2D eigenvalue weighted by molar-refractivity contribution is 5.90. The third kappa shape index (κ3) is 1.67. The number of carboxylic acids is 1. The Morgan fingerprint density at radius 1 is 1.22 bits per heavy atom. The van der Waals surface area contributed by atoms with Crippen molar-refractivity contribution in [3.8, 4) is 5.82 Å². The van der Waals surface area contributed by atoms with Gasteiger partial charge in [0.1, 0.15) is 11.2 Å². The van der Waals surface area contributed by atoms with Crippen molar-refractivity contribution in [3.05, 3.63) is 42.7 Å². The molecule has 0 amide bonds. The molecule has 0 aromatic carbocycles. The Morgan fingerprint density at radius 2 is 2.11 bits per heavy atom. The fourth-order valence-electron chi connectivity index (χ4n) is 1.57. The smallest absolute Gasteiger partial charge is 0.354 e. The van der Waals surface area contributed by atoms with Crippen LogP contribution in [0.2, 0.25) is 0 Å². The van der Waals surface area contributed by atoms with E-state index in [1.165, 1.54) is 16.9 Å². The Balaban J connectivity index is 2.14. The van der Waals surface area contributed by atoms with Gasteiger partial charge in [0, 0.05) is 24.0 Å². The molecule has 0 aliphatic rings. The minimum absolute atomic E-state index is 0.0128. The number of nitrogens with zero attached hydrogens (tertiary/aromatic N) is 5. The lowest BCUT2D eigenvalue weighted by atomic mass is 10.3. The van der Waals surface area contributed by atoms with E-state index in [1.54, 1.807) is 24.8 Å². The Hall–Kier alpha value is -2.83. The highest BCUT2D eigenvalue weighted by Gasteiger charge is 2.09. The van der Waals surface area contributed by atoms with Gasteiger partial charge < -0.3 is 5.11 Å². The van der Waals surface area contributed by atoms with E-state index >= 15 is 0 Å². The summed E-state index contributed by atoms with van der Waals surface area (Å²) >= 11 is 0. The molecule has 0 saturated carbocycles. The Bertz CT molecular complexity index is 723. The molecule has 0 aliphatic heterocycles. The van der Waals surface area contributed by atoms with E-state index in [0.29, 0.717) is 16.7 Å². The van der Waals surface area contributed by atoms with Crippen LogP contribution in [0.5, 0.6) is 0 Å². The van der Waals surface area contributed by atoms with Crippen molar-refractivity contribution in [3.63, 3.8) is 0 Å². The van der Waals surface area contributed by atoms with Crippen LogP contribution in [0, 0.1) is 0 Å². The minimum atomic E-state index is -1.07. The van der Waals surface area contributed by atoms with Crippen LogP contribution in [0.3, 0.4) is 0 Å². The summed E-state index contributed by atoms with van der Waals surface area (Å²) in [5.41, 5.74) is 0.590. The van der Waals surface area contributed by atoms with Gasteiger partial charge in [-0.05, 0) is 6.07 Å². The standard InChI is InChI=1S/C11H7N5O2/c17-11(18)8-3-7-6-16(15-9(7)4-14-8)10-5-12-1-2-13-10/h1-6H,(H,17,18). The summed E-state index contributed by atoms with van der Waals surface area (Å²) in [4.78, 5) is 22.7. The lowest BCUT2D eigenvalue weighted by Gasteiger charge is -1.95. The molecule has 0 radical (unpaired) electrons. The second-order valence-corrected chi connectivity index (χ2v) is 3.57. The molecule has 0 atom stereocenters. The lowest BCUT2D eigenvalue weighted by molar-refractivity contribution is 0.0690. The van der Waals surface area contributed by atoms with E-state index in [2.05, 4.69) is 20.1 Å². The van der Waals surface area contributed by atoms with Crippen LogP contribution in [0.1, 0.15) is 10.5 Å². The van der Waals surface area contributed by atoms with Crippen molar-refractivity contribution >= 4 is 16.9 Å². The predicted octanol–water partition coefficient (Wildman–Crippen LogP) is 0.909. The van der Waals surface area contributed by atoms with E-state index in [4.69, 9.17) is 5.11 Å². The molecule has 3 aromatic rings. The van der Waals surface area contributed by atoms with E-state index in [-0.39, 0.29) is 5.69 Å². The van der Waals surface area contributed by atoms with E-state index in [0.717, 1.165) is 0 Å². The van der Waals surface area contributed by atoms with Crippen LogP contribution < -0.4 is 0 Å². The normalized spacial score (nSPS) is 10.7. The number of carbonyl (C=O) groups is 1. The highest BCUT2D eigenvalue weighted by atomic mass is 16.4. The zero-order valence-electron chi connectivity index (χ0n) is 9.06.